The molecule has 0 saturated carbocycles. The Morgan fingerprint density at radius 2 is 1.65 bits per heavy atom. The molecule has 0 radical (unpaired) electrons. The number of esters is 2. The molecule has 0 saturated heterocycles. The molecule has 9 heteroatoms. The van der Waals surface area contributed by atoms with Crippen molar-refractivity contribution in [3.05, 3.63) is 83.7 Å². The second kappa shape index (κ2) is 12.9. The van der Waals surface area contributed by atoms with E-state index < -0.39 is 30.0 Å². The van der Waals surface area contributed by atoms with Gasteiger partial charge < -0.3 is 19.5 Å². The van der Waals surface area contributed by atoms with E-state index in [0.717, 1.165) is 16.0 Å². The zero-order chi connectivity index (χ0) is 26.9. The Morgan fingerprint density at radius 1 is 0.973 bits per heavy atom. The molecular formula is C28H30N2O6S. The third-order valence-corrected chi connectivity index (χ3v) is 6.84. The number of benzene rings is 2. The predicted molar refractivity (Wildman–Crippen MR) is 141 cm³/mol. The summed E-state index contributed by atoms with van der Waals surface area (Å²) in [5, 5.41) is 2.40. The Hall–Kier alpha value is -3.85. The number of hydrogen-bond donors (Lipinski definition) is 1. The van der Waals surface area contributed by atoms with Gasteiger partial charge in [0.25, 0.3) is 5.91 Å². The number of nitrogens with one attached hydrogen (secondary N) is 1. The van der Waals surface area contributed by atoms with Crippen LogP contribution in [-0.4, -0.2) is 42.1 Å². The zero-order valence-electron chi connectivity index (χ0n) is 21.4. The molecule has 1 heterocycles. The van der Waals surface area contributed by atoms with Gasteiger partial charge in [0.1, 0.15) is 12.1 Å². The summed E-state index contributed by atoms with van der Waals surface area (Å²) in [5.74, 6) is -1.91. The van der Waals surface area contributed by atoms with Crippen LogP contribution in [-0.2, 0) is 14.3 Å². The molecule has 3 aromatic rings. The number of pyridine rings is 1. The lowest BCUT2D eigenvalue weighted by atomic mass is 10.1. The van der Waals surface area contributed by atoms with Gasteiger partial charge in [-0.05, 0) is 38.5 Å². The molecule has 1 aromatic heterocycles. The van der Waals surface area contributed by atoms with E-state index in [1.165, 1.54) is 33.2 Å². The highest BCUT2D eigenvalue weighted by Crippen LogP contribution is 2.39. The van der Waals surface area contributed by atoms with Crippen molar-refractivity contribution in [1.29, 1.82) is 0 Å². The number of rotatable bonds is 10. The summed E-state index contributed by atoms with van der Waals surface area (Å²) in [5.41, 5.74) is 1.99. The molecule has 0 aliphatic heterocycles. The van der Waals surface area contributed by atoms with Crippen LogP contribution in [0.2, 0.25) is 0 Å². The van der Waals surface area contributed by atoms with Crippen LogP contribution in [0.25, 0.3) is 0 Å². The summed E-state index contributed by atoms with van der Waals surface area (Å²) in [4.78, 5) is 42.4. The van der Waals surface area contributed by atoms with Gasteiger partial charge in [0.15, 0.2) is 11.4 Å². The van der Waals surface area contributed by atoms with Crippen molar-refractivity contribution in [2.24, 2.45) is 0 Å². The van der Waals surface area contributed by atoms with Gasteiger partial charge in [-0.1, -0.05) is 48.0 Å². The molecule has 3 rings (SSSR count). The third-order valence-electron chi connectivity index (χ3n) is 5.39. The van der Waals surface area contributed by atoms with Crippen molar-refractivity contribution in [3.8, 4) is 11.5 Å². The van der Waals surface area contributed by atoms with Crippen LogP contribution in [0, 0.1) is 6.92 Å². The fourth-order valence-corrected chi connectivity index (χ4v) is 4.63. The average molecular weight is 523 g/mol. The van der Waals surface area contributed by atoms with Crippen molar-refractivity contribution >= 4 is 29.6 Å². The average Bonchev–Trinajstić information content (AvgIpc) is 2.88. The van der Waals surface area contributed by atoms with Gasteiger partial charge in [0, 0.05) is 24.1 Å². The van der Waals surface area contributed by atoms with Crippen molar-refractivity contribution in [2.75, 3.05) is 7.11 Å². The van der Waals surface area contributed by atoms with Crippen LogP contribution in [0.15, 0.2) is 71.8 Å². The van der Waals surface area contributed by atoms with E-state index >= 15 is 0 Å². The summed E-state index contributed by atoms with van der Waals surface area (Å²) >= 11 is 1.60. The number of aromatic nitrogens is 1. The molecule has 0 aliphatic carbocycles. The summed E-state index contributed by atoms with van der Waals surface area (Å²) in [6, 6.07) is 18.4. The Morgan fingerprint density at radius 3 is 2.27 bits per heavy atom. The van der Waals surface area contributed by atoms with E-state index in [4.69, 9.17) is 14.2 Å². The maximum atomic E-state index is 13.0. The molecule has 0 spiro atoms. The first-order valence-electron chi connectivity index (χ1n) is 11.7. The Kier molecular flexibility index (Phi) is 9.68. The molecule has 1 N–H and O–H groups in total. The smallest absolute Gasteiger partial charge is 0.328 e. The topological polar surface area (TPSA) is 104 Å². The lowest BCUT2D eigenvalue weighted by molar-refractivity contribution is -0.150. The Balaban J connectivity index is 1.73. The minimum Gasteiger partial charge on any atom is -0.493 e. The molecule has 194 valence electrons. The first-order chi connectivity index (χ1) is 17.7. The van der Waals surface area contributed by atoms with Crippen molar-refractivity contribution in [3.63, 3.8) is 0 Å². The number of thioether (sulfide) groups is 1. The molecule has 8 nitrogen and oxygen atoms in total. The van der Waals surface area contributed by atoms with E-state index in [9.17, 15) is 14.4 Å². The van der Waals surface area contributed by atoms with E-state index in [-0.39, 0.29) is 22.4 Å². The van der Waals surface area contributed by atoms with Crippen LogP contribution in [0.3, 0.4) is 0 Å². The summed E-state index contributed by atoms with van der Waals surface area (Å²) in [6.45, 7) is 6.57. The molecule has 2 aromatic carbocycles. The maximum absolute atomic E-state index is 13.0. The lowest BCUT2D eigenvalue weighted by Gasteiger charge is -2.26. The predicted octanol–water partition coefficient (Wildman–Crippen LogP) is 4.91. The molecular weight excluding hydrogens is 492 g/mol. The monoisotopic (exact) mass is 522 g/mol. The maximum Gasteiger partial charge on any atom is 0.328 e. The van der Waals surface area contributed by atoms with Crippen LogP contribution in [0.5, 0.6) is 11.5 Å². The normalized spacial score (nSPS) is 13.1. The lowest BCUT2D eigenvalue weighted by Crippen LogP contribution is -2.41. The second-order valence-electron chi connectivity index (χ2n) is 8.38. The number of amides is 1. The highest BCUT2D eigenvalue weighted by molar-refractivity contribution is 7.99. The number of hydrogen-bond acceptors (Lipinski definition) is 8. The number of ether oxygens (including phenoxy) is 3. The van der Waals surface area contributed by atoms with E-state index in [0.29, 0.717) is 0 Å². The minimum absolute atomic E-state index is 0.123. The second-order valence-corrected chi connectivity index (χ2v) is 9.60. The first-order valence-corrected chi connectivity index (χ1v) is 12.6. The Bertz CT molecular complexity index is 1230. The molecule has 0 unspecified atom stereocenters. The molecule has 0 bridgehead atoms. The standard InChI is InChI=1S/C28H30N2O6S/c1-17-11-13-22(14-12-17)37-26(21-9-7-6-8-10-21)19(3)35-28(33)18(2)30-27(32)24-25(36-20(4)31)23(34-5)15-16-29-24/h6-16,18-19,26H,1-5H3,(H,30,32)/t18-,19-,26-/m0/s1. The molecule has 1 amide bonds. The fraction of sp³-hybridized carbons (Fsp3) is 0.286. The number of aryl methyl sites for hydroxylation is 1. The van der Waals surface area contributed by atoms with Gasteiger partial charge in [-0.25, -0.2) is 9.78 Å². The van der Waals surface area contributed by atoms with Crippen molar-refractivity contribution in [1.82, 2.24) is 10.3 Å². The number of carbonyl (C=O) groups excluding carboxylic acids is 3. The van der Waals surface area contributed by atoms with Gasteiger partial charge in [-0.2, -0.15) is 0 Å². The van der Waals surface area contributed by atoms with Gasteiger partial charge in [0.2, 0.25) is 5.75 Å². The quantitative estimate of drug-likeness (QED) is 0.296. The minimum atomic E-state index is -0.992. The summed E-state index contributed by atoms with van der Waals surface area (Å²) < 4.78 is 16.1. The zero-order valence-corrected chi connectivity index (χ0v) is 22.2. The van der Waals surface area contributed by atoms with Crippen LogP contribution in [0.4, 0.5) is 0 Å². The van der Waals surface area contributed by atoms with Crippen LogP contribution >= 0.6 is 11.8 Å². The van der Waals surface area contributed by atoms with Gasteiger partial charge >= 0.3 is 11.9 Å². The number of methoxy groups -OCH3 is 1. The van der Waals surface area contributed by atoms with Gasteiger partial charge in [-0.3, -0.25) is 9.59 Å². The molecule has 37 heavy (non-hydrogen) atoms. The summed E-state index contributed by atoms with van der Waals surface area (Å²) in [6.07, 6.45) is 0.838. The van der Waals surface area contributed by atoms with E-state index in [1.807, 2.05) is 68.4 Å². The first kappa shape index (κ1) is 27.7. The third kappa shape index (κ3) is 7.57. The summed E-state index contributed by atoms with van der Waals surface area (Å²) in [7, 11) is 1.38. The molecule has 3 atom stereocenters. The van der Waals surface area contributed by atoms with Gasteiger partial charge in [0.05, 0.1) is 12.4 Å². The molecule has 0 fully saturated rings. The fourth-order valence-electron chi connectivity index (χ4n) is 3.51. The van der Waals surface area contributed by atoms with Crippen molar-refractivity contribution in [2.45, 2.75) is 50.0 Å². The SMILES string of the molecule is COc1ccnc(C(=O)N[C@@H](C)C(=O)O[C@@H](C)[C@H](Sc2ccc(C)cc2)c2ccccc2)c1OC(C)=O. The van der Waals surface area contributed by atoms with E-state index in [1.54, 1.807) is 11.8 Å². The van der Waals surface area contributed by atoms with E-state index in [2.05, 4.69) is 10.3 Å². The van der Waals surface area contributed by atoms with Crippen LogP contribution in [0.1, 0.15) is 47.6 Å². The molecule has 0 aliphatic rings. The Labute approximate surface area is 220 Å². The number of nitrogens with zero attached hydrogens (tertiary/aromatic N) is 1. The highest BCUT2D eigenvalue weighted by atomic mass is 32.2. The largest absolute Gasteiger partial charge is 0.493 e. The highest BCUT2D eigenvalue weighted by Gasteiger charge is 2.28. The van der Waals surface area contributed by atoms with Crippen molar-refractivity contribution < 1.29 is 28.6 Å². The number of carbonyl (C=O) groups is 3. The van der Waals surface area contributed by atoms with Crippen LogP contribution < -0.4 is 14.8 Å². The van der Waals surface area contributed by atoms with Gasteiger partial charge in [-0.15, -0.1) is 11.8 Å².